The minimum absolute atomic E-state index is 0.668. The smallest absolute Gasteiger partial charge is 0.198 e. The normalized spacial score (nSPS) is 16.3. The average molecular weight is 214 g/mol. The summed E-state index contributed by atoms with van der Waals surface area (Å²) in [7, 11) is 0. The first-order valence-corrected chi connectivity index (χ1v) is 4.39. The molecule has 0 bridgehead atoms. The molecule has 2 heterocycles. The largest absolute Gasteiger partial charge is 0.356 e. The molecule has 11 heavy (non-hydrogen) atoms. The Morgan fingerprint density at radius 3 is 2.82 bits per heavy atom. The van der Waals surface area contributed by atoms with Gasteiger partial charge in [0.05, 0.1) is 0 Å². The second-order valence-electron chi connectivity index (χ2n) is 2.52. The SMILES string of the molecule is Brc1nccc(N2CCC2)n1. The van der Waals surface area contributed by atoms with E-state index >= 15 is 0 Å². The highest BCUT2D eigenvalue weighted by Crippen LogP contribution is 2.17. The molecule has 0 atom stereocenters. The van der Waals surface area contributed by atoms with Gasteiger partial charge in [0.15, 0.2) is 4.73 Å². The molecule has 0 aliphatic carbocycles. The van der Waals surface area contributed by atoms with Crippen molar-refractivity contribution in [3.63, 3.8) is 0 Å². The first-order valence-electron chi connectivity index (χ1n) is 3.60. The van der Waals surface area contributed by atoms with Gasteiger partial charge in [-0.25, -0.2) is 9.97 Å². The second kappa shape index (κ2) is 2.77. The monoisotopic (exact) mass is 213 g/mol. The maximum absolute atomic E-state index is 4.23. The summed E-state index contributed by atoms with van der Waals surface area (Å²) in [5, 5.41) is 0. The highest BCUT2D eigenvalue weighted by Gasteiger charge is 2.15. The zero-order valence-corrected chi connectivity index (χ0v) is 7.58. The summed E-state index contributed by atoms with van der Waals surface area (Å²) >= 11 is 3.23. The van der Waals surface area contributed by atoms with Crippen molar-refractivity contribution >= 4 is 21.7 Å². The molecule has 0 aromatic carbocycles. The predicted octanol–water partition coefficient (Wildman–Crippen LogP) is 1.45. The lowest BCUT2D eigenvalue weighted by molar-refractivity contribution is 0.608. The number of rotatable bonds is 1. The van der Waals surface area contributed by atoms with Crippen molar-refractivity contribution in [1.82, 2.24) is 9.97 Å². The molecule has 4 heteroatoms. The highest BCUT2D eigenvalue weighted by molar-refractivity contribution is 9.10. The first-order chi connectivity index (χ1) is 5.36. The van der Waals surface area contributed by atoms with Gasteiger partial charge in [-0.2, -0.15) is 0 Å². The lowest BCUT2D eigenvalue weighted by Crippen LogP contribution is -2.37. The van der Waals surface area contributed by atoms with Crippen molar-refractivity contribution in [3.8, 4) is 0 Å². The average Bonchev–Trinajstić information content (AvgIpc) is 1.83. The summed E-state index contributed by atoms with van der Waals surface area (Å²) in [5.41, 5.74) is 0. The van der Waals surface area contributed by atoms with Crippen molar-refractivity contribution in [2.24, 2.45) is 0 Å². The van der Waals surface area contributed by atoms with E-state index in [9.17, 15) is 0 Å². The second-order valence-corrected chi connectivity index (χ2v) is 3.23. The van der Waals surface area contributed by atoms with Crippen LogP contribution in [0.3, 0.4) is 0 Å². The van der Waals surface area contributed by atoms with Crippen molar-refractivity contribution in [3.05, 3.63) is 17.0 Å². The molecular formula is C7H8BrN3. The molecule has 1 saturated heterocycles. The summed E-state index contributed by atoms with van der Waals surface area (Å²) in [6, 6.07) is 1.93. The maximum Gasteiger partial charge on any atom is 0.198 e. The van der Waals surface area contributed by atoms with Crippen LogP contribution in [0.15, 0.2) is 17.0 Å². The van der Waals surface area contributed by atoms with E-state index in [-0.39, 0.29) is 0 Å². The lowest BCUT2D eigenvalue weighted by Gasteiger charge is -2.31. The third kappa shape index (κ3) is 1.35. The fourth-order valence-corrected chi connectivity index (χ4v) is 1.35. The van der Waals surface area contributed by atoms with Crippen LogP contribution in [-0.2, 0) is 0 Å². The quantitative estimate of drug-likeness (QED) is 0.662. The number of anilines is 1. The fraction of sp³-hybridized carbons (Fsp3) is 0.429. The predicted molar refractivity (Wildman–Crippen MR) is 46.6 cm³/mol. The van der Waals surface area contributed by atoms with E-state index in [0.29, 0.717) is 4.73 Å². The molecule has 1 aliphatic heterocycles. The Morgan fingerprint density at radius 2 is 2.27 bits per heavy atom. The van der Waals surface area contributed by atoms with Gasteiger partial charge in [-0.05, 0) is 28.4 Å². The Morgan fingerprint density at radius 1 is 1.45 bits per heavy atom. The van der Waals surface area contributed by atoms with Crippen LogP contribution in [0.2, 0.25) is 0 Å². The summed E-state index contributed by atoms with van der Waals surface area (Å²) < 4.78 is 0.668. The maximum atomic E-state index is 4.23. The fourth-order valence-electron chi connectivity index (χ4n) is 1.05. The number of nitrogens with zero attached hydrogens (tertiary/aromatic N) is 3. The van der Waals surface area contributed by atoms with Crippen molar-refractivity contribution in [1.29, 1.82) is 0 Å². The minimum atomic E-state index is 0.668. The van der Waals surface area contributed by atoms with Gasteiger partial charge in [0.25, 0.3) is 0 Å². The van der Waals surface area contributed by atoms with Gasteiger partial charge in [0, 0.05) is 19.3 Å². The Balaban J connectivity index is 2.23. The third-order valence-electron chi connectivity index (χ3n) is 1.79. The molecule has 1 aromatic heterocycles. The summed E-state index contributed by atoms with van der Waals surface area (Å²) in [6.07, 6.45) is 3.05. The molecule has 0 N–H and O–H groups in total. The van der Waals surface area contributed by atoms with Crippen molar-refractivity contribution in [2.45, 2.75) is 6.42 Å². The molecule has 0 radical (unpaired) electrons. The van der Waals surface area contributed by atoms with Crippen LogP contribution in [0.25, 0.3) is 0 Å². The van der Waals surface area contributed by atoms with E-state index < -0.39 is 0 Å². The molecule has 1 fully saturated rings. The number of hydrogen-bond donors (Lipinski definition) is 0. The minimum Gasteiger partial charge on any atom is -0.356 e. The van der Waals surface area contributed by atoms with Crippen LogP contribution >= 0.6 is 15.9 Å². The van der Waals surface area contributed by atoms with Crippen LogP contribution in [0.1, 0.15) is 6.42 Å². The summed E-state index contributed by atoms with van der Waals surface area (Å²) in [5.74, 6) is 1.03. The zero-order chi connectivity index (χ0) is 7.68. The third-order valence-corrected chi connectivity index (χ3v) is 2.17. The van der Waals surface area contributed by atoms with E-state index in [4.69, 9.17) is 0 Å². The van der Waals surface area contributed by atoms with Gasteiger partial charge in [-0.1, -0.05) is 0 Å². The first kappa shape index (κ1) is 7.03. The summed E-state index contributed by atoms with van der Waals surface area (Å²) in [6.45, 7) is 2.26. The van der Waals surface area contributed by atoms with E-state index in [2.05, 4.69) is 30.8 Å². The highest BCUT2D eigenvalue weighted by atomic mass is 79.9. The van der Waals surface area contributed by atoms with Crippen molar-refractivity contribution in [2.75, 3.05) is 18.0 Å². The topological polar surface area (TPSA) is 29.0 Å². The molecule has 0 amide bonds. The van der Waals surface area contributed by atoms with Crippen LogP contribution < -0.4 is 4.90 Å². The number of aromatic nitrogens is 2. The van der Waals surface area contributed by atoms with Crippen LogP contribution in [0, 0.1) is 0 Å². The number of halogens is 1. The lowest BCUT2D eigenvalue weighted by atomic mass is 10.2. The van der Waals surface area contributed by atoms with Gasteiger partial charge in [-0.3, -0.25) is 0 Å². The Labute approximate surface area is 73.6 Å². The molecule has 3 nitrogen and oxygen atoms in total. The van der Waals surface area contributed by atoms with E-state index in [1.807, 2.05) is 6.07 Å². The van der Waals surface area contributed by atoms with E-state index in [1.54, 1.807) is 6.20 Å². The van der Waals surface area contributed by atoms with Crippen LogP contribution in [-0.4, -0.2) is 23.1 Å². The molecular weight excluding hydrogens is 206 g/mol. The van der Waals surface area contributed by atoms with Gasteiger partial charge < -0.3 is 4.90 Å². The Hall–Kier alpha value is -0.640. The molecule has 1 aromatic rings. The molecule has 0 spiro atoms. The van der Waals surface area contributed by atoms with Gasteiger partial charge in [0.1, 0.15) is 5.82 Å². The molecule has 1 aliphatic rings. The molecule has 0 unspecified atom stereocenters. The zero-order valence-electron chi connectivity index (χ0n) is 6.00. The standard InChI is InChI=1S/C7H8BrN3/c8-7-9-3-2-6(10-7)11-4-1-5-11/h2-3H,1,4-5H2. The summed E-state index contributed by atoms with van der Waals surface area (Å²) in [4.78, 5) is 10.4. The molecule has 0 saturated carbocycles. The van der Waals surface area contributed by atoms with Crippen LogP contribution in [0.5, 0.6) is 0 Å². The van der Waals surface area contributed by atoms with Gasteiger partial charge >= 0.3 is 0 Å². The van der Waals surface area contributed by atoms with Crippen LogP contribution in [0.4, 0.5) is 5.82 Å². The van der Waals surface area contributed by atoms with E-state index in [0.717, 1.165) is 18.9 Å². The Bertz CT molecular complexity index is 260. The van der Waals surface area contributed by atoms with Gasteiger partial charge in [0.2, 0.25) is 0 Å². The van der Waals surface area contributed by atoms with Crippen molar-refractivity contribution < 1.29 is 0 Å². The molecule has 2 rings (SSSR count). The molecule has 58 valence electrons. The number of hydrogen-bond acceptors (Lipinski definition) is 3. The Kier molecular flexibility index (Phi) is 1.77. The van der Waals surface area contributed by atoms with Gasteiger partial charge in [-0.15, -0.1) is 0 Å². The van der Waals surface area contributed by atoms with E-state index in [1.165, 1.54) is 6.42 Å².